The Morgan fingerprint density at radius 3 is 2.82 bits per heavy atom. The molecule has 144 valence electrons. The maximum Gasteiger partial charge on any atom is 0.341 e. The van der Waals surface area contributed by atoms with Crippen molar-refractivity contribution in [3.8, 4) is 0 Å². The molecule has 0 saturated carbocycles. The second kappa shape index (κ2) is 6.56. The number of fused-ring (bicyclic) bond motifs is 3. The lowest BCUT2D eigenvalue weighted by Crippen LogP contribution is -2.14. The van der Waals surface area contributed by atoms with Crippen LogP contribution in [0.3, 0.4) is 0 Å². The van der Waals surface area contributed by atoms with Gasteiger partial charge in [0.25, 0.3) is 5.91 Å². The van der Waals surface area contributed by atoms with Crippen molar-refractivity contribution >= 4 is 55.5 Å². The number of ether oxygens (including phenoxy) is 1. The van der Waals surface area contributed by atoms with Crippen molar-refractivity contribution in [2.24, 2.45) is 0 Å². The van der Waals surface area contributed by atoms with Crippen molar-refractivity contribution in [2.45, 2.75) is 38.5 Å². The molecule has 3 aromatic rings. The fraction of sp³-hybridized carbons (Fsp3) is 0.350. The van der Waals surface area contributed by atoms with E-state index in [-0.39, 0.29) is 5.91 Å². The second-order valence-corrected chi connectivity index (χ2v) is 9.26. The van der Waals surface area contributed by atoms with Crippen LogP contribution >= 0.6 is 22.7 Å². The number of anilines is 2. The number of carbonyl (C=O) groups excluding carboxylic acids is 2. The molecule has 8 heteroatoms. The Hall–Kier alpha value is -2.45. The number of methoxy groups -OCH3 is 1. The minimum atomic E-state index is -0.405. The fourth-order valence-corrected chi connectivity index (χ4v) is 6.40. The van der Waals surface area contributed by atoms with Crippen LogP contribution in [0.5, 0.6) is 0 Å². The lowest BCUT2D eigenvalue weighted by molar-refractivity contribution is 0.0601. The summed E-state index contributed by atoms with van der Waals surface area (Å²) in [7, 11) is 1.36. The summed E-state index contributed by atoms with van der Waals surface area (Å²) < 4.78 is 4.95. The summed E-state index contributed by atoms with van der Waals surface area (Å²) in [4.78, 5) is 32.4. The predicted octanol–water partition coefficient (Wildman–Crippen LogP) is 3.96. The summed E-state index contributed by atoms with van der Waals surface area (Å²) in [6.45, 7) is 0. The predicted molar refractivity (Wildman–Crippen MR) is 112 cm³/mol. The molecular formula is C20H19N3O3S2. The second-order valence-electron chi connectivity index (χ2n) is 7.15. The number of hydrogen-bond donors (Lipinski definition) is 2. The number of hydrogen-bond acceptors (Lipinski definition) is 7. The van der Waals surface area contributed by atoms with Gasteiger partial charge in [-0.15, -0.1) is 22.7 Å². The van der Waals surface area contributed by atoms with E-state index in [0.717, 1.165) is 64.9 Å². The highest BCUT2D eigenvalue weighted by Crippen LogP contribution is 2.41. The van der Waals surface area contributed by atoms with E-state index in [1.165, 1.54) is 35.3 Å². The maximum absolute atomic E-state index is 13.0. The van der Waals surface area contributed by atoms with Crippen LogP contribution < -0.4 is 11.1 Å². The molecule has 3 N–H and O–H groups in total. The Bertz CT molecular complexity index is 1150. The standard InChI is InChI=1S/C20H19N3O3S2/c1-26-20(25)14-10-5-3-7-13(10)27-19(14)23-17(24)16-15(21)11-8-9-4-2-6-12(9)22-18(11)28-16/h8H,2-7,21H2,1H3,(H,23,24). The Morgan fingerprint density at radius 1 is 1.18 bits per heavy atom. The minimum absolute atomic E-state index is 0.300. The van der Waals surface area contributed by atoms with Crippen LogP contribution in [0.2, 0.25) is 0 Å². The summed E-state index contributed by atoms with van der Waals surface area (Å²) in [6.07, 6.45) is 5.91. The van der Waals surface area contributed by atoms with Gasteiger partial charge in [0, 0.05) is 16.0 Å². The number of esters is 1. The zero-order chi connectivity index (χ0) is 19.4. The van der Waals surface area contributed by atoms with E-state index in [0.29, 0.717) is 21.1 Å². The largest absolute Gasteiger partial charge is 0.465 e. The molecule has 3 aromatic heterocycles. The van der Waals surface area contributed by atoms with Crippen LogP contribution in [0.4, 0.5) is 10.7 Å². The number of nitrogens with two attached hydrogens (primary N) is 1. The average molecular weight is 414 g/mol. The molecule has 1 amide bonds. The molecule has 6 nitrogen and oxygen atoms in total. The van der Waals surface area contributed by atoms with E-state index >= 15 is 0 Å². The number of aryl methyl sites for hydroxylation is 3. The molecule has 2 aliphatic carbocycles. The lowest BCUT2D eigenvalue weighted by Gasteiger charge is -2.06. The van der Waals surface area contributed by atoms with Gasteiger partial charge in [0.05, 0.1) is 18.4 Å². The van der Waals surface area contributed by atoms with Gasteiger partial charge in [0.15, 0.2) is 0 Å². The van der Waals surface area contributed by atoms with Gasteiger partial charge in [-0.1, -0.05) is 0 Å². The molecule has 28 heavy (non-hydrogen) atoms. The van der Waals surface area contributed by atoms with Crippen molar-refractivity contribution in [1.82, 2.24) is 4.98 Å². The maximum atomic E-state index is 13.0. The number of carbonyl (C=O) groups is 2. The first-order valence-corrected chi connectivity index (χ1v) is 10.9. The van der Waals surface area contributed by atoms with Crippen LogP contribution in [-0.2, 0) is 30.4 Å². The van der Waals surface area contributed by atoms with Crippen LogP contribution in [0, 0.1) is 0 Å². The van der Waals surface area contributed by atoms with Crippen LogP contribution in [-0.4, -0.2) is 24.0 Å². The van der Waals surface area contributed by atoms with E-state index in [4.69, 9.17) is 15.5 Å². The molecular weight excluding hydrogens is 394 g/mol. The molecule has 3 heterocycles. The number of amides is 1. The summed E-state index contributed by atoms with van der Waals surface area (Å²) >= 11 is 2.77. The molecule has 0 radical (unpaired) electrons. The van der Waals surface area contributed by atoms with Gasteiger partial charge >= 0.3 is 5.97 Å². The average Bonchev–Trinajstić information content (AvgIpc) is 3.43. The van der Waals surface area contributed by atoms with Crippen molar-refractivity contribution < 1.29 is 14.3 Å². The third-order valence-corrected chi connectivity index (χ3v) is 7.81. The van der Waals surface area contributed by atoms with Gasteiger partial charge in [-0.25, -0.2) is 9.78 Å². The highest BCUT2D eigenvalue weighted by Gasteiger charge is 2.29. The third kappa shape index (κ3) is 2.62. The minimum Gasteiger partial charge on any atom is -0.465 e. The first kappa shape index (κ1) is 17.6. The van der Waals surface area contributed by atoms with Gasteiger partial charge < -0.3 is 15.8 Å². The molecule has 0 spiro atoms. The molecule has 0 bridgehead atoms. The highest BCUT2D eigenvalue weighted by molar-refractivity contribution is 7.21. The summed E-state index contributed by atoms with van der Waals surface area (Å²) in [5.74, 6) is -0.706. The van der Waals surface area contributed by atoms with Crippen LogP contribution in [0.25, 0.3) is 10.2 Å². The Kier molecular flexibility index (Phi) is 4.13. The van der Waals surface area contributed by atoms with E-state index in [9.17, 15) is 9.59 Å². The summed E-state index contributed by atoms with van der Waals surface area (Å²) in [5, 5.41) is 4.31. The number of nitrogen functional groups attached to an aromatic ring is 1. The molecule has 0 aromatic carbocycles. The summed E-state index contributed by atoms with van der Waals surface area (Å²) in [5.41, 5.74) is 10.6. The van der Waals surface area contributed by atoms with Gasteiger partial charge in [0.2, 0.25) is 0 Å². The van der Waals surface area contributed by atoms with Gasteiger partial charge in [-0.2, -0.15) is 0 Å². The lowest BCUT2D eigenvalue weighted by atomic mass is 10.1. The zero-order valence-electron chi connectivity index (χ0n) is 15.4. The highest BCUT2D eigenvalue weighted by atomic mass is 32.1. The molecule has 5 rings (SSSR count). The number of thiophene rings is 2. The SMILES string of the molecule is COC(=O)c1c(NC(=O)c2sc3nc4c(cc3c2N)CCC4)sc2c1CCC2. The quantitative estimate of drug-likeness (QED) is 0.634. The van der Waals surface area contributed by atoms with Gasteiger partial charge in [-0.3, -0.25) is 4.79 Å². The first-order valence-electron chi connectivity index (χ1n) is 9.31. The first-order chi connectivity index (χ1) is 13.6. The number of nitrogens with one attached hydrogen (secondary N) is 1. The topological polar surface area (TPSA) is 94.3 Å². The van der Waals surface area contributed by atoms with Crippen molar-refractivity contribution in [3.63, 3.8) is 0 Å². The fourth-order valence-electron chi connectivity index (χ4n) is 4.14. The van der Waals surface area contributed by atoms with E-state index in [2.05, 4.69) is 11.4 Å². The normalized spacial score (nSPS) is 14.9. The molecule has 0 unspecified atom stereocenters. The molecule has 0 saturated heterocycles. The smallest absolute Gasteiger partial charge is 0.341 e. The number of pyridine rings is 1. The van der Waals surface area contributed by atoms with Crippen LogP contribution in [0.1, 0.15) is 54.6 Å². The van der Waals surface area contributed by atoms with Crippen molar-refractivity contribution in [3.05, 3.63) is 38.2 Å². The molecule has 0 fully saturated rings. The third-order valence-electron chi connectivity index (χ3n) is 5.49. The Balaban J connectivity index is 1.51. The molecule has 0 atom stereocenters. The van der Waals surface area contributed by atoms with E-state index in [1.54, 1.807) is 0 Å². The number of rotatable bonds is 3. The van der Waals surface area contributed by atoms with E-state index in [1.807, 2.05) is 0 Å². The van der Waals surface area contributed by atoms with Crippen LogP contribution in [0.15, 0.2) is 6.07 Å². The Labute approximate surface area is 169 Å². The van der Waals surface area contributed by atoms with Gasteiger partial charge in [-0.05, 0) is 55.7 Å². The zero-order valence-corrected chi connectivity index (χ0v) is 17.0. The molecule has 2 aliphatic rings. The number of aromatic nitrogens is 1. The van der Waals surface area contributed by atoms with Crippen molar-refractivity contribution in [2.75, 3.05) is 18.2 Å². The van der Waals surface area contributed by atoms with E-state index < -0.39 is 5.97 Å². The summed E-state index contributed by atoms with van der Waals surface area (Å²) in [6, 6.07) is 2.08. The monoisotopic (exact) mass is 413 g/mol. The molecule has 0 aliphatic heterocycles. The van der Waals surface area contributed by atoms with Crippen molar-refractivity contribution in [1.29, 1.82) is 0 Å². The Morgan fingerprint density at radius 2 is 2.00 bits per heavy atom. The number of nitrogens with zero attached hydrogens (tertiary/aromatic N) is 1. The van der Waals surface area contributed by atoms with Gasteiger partial charge in [0.1, 0.15) is 14.7 Å².